The van der Waals surface area contributed by atoms with Gasteiger partial charge in [0.05, 0.1) is 0 Å². The molecule has 0 amide bonds. The van der Waals surface area contributed by atoms with Gasteiger partial charge in [-0.05, 0) is 39.5 Å². The lowest BCUT2D eigenvalue weighted by Gasteiger charge is -2.30. The molecule has 0 aromatic carbocycles. The van der Waals surface area contributed by atoms with Crippen molar-refractivity contribution in [2.24, 2.45) is 0 Å². The fraction of sp³-hybridized carbons (Fsp3) is 0.636. The molecule has 0 radical (unpaired) electrons. The van der Waals surface area contributed by atoms with E-state index in [1.807, 2.05) is 14.1 Å². The molecule has 0 saturated heterocycles. The Labute approximate surface area is 107 Å². The van der Waals surface area contributed by atoms with E-state index < -0.39 is 0 Å². The minimum Gasteiger partial charge on any atom is -0.382 e. The number of nitrogens with zero attached hydrogens (tertiary/aromatic N) is 4. The van der Waals surface area contributed by atoms with Crippen LogP contribution >= 0.6 is 11.5 Å². The molecule has 5 nitrogen and oxygen atoms in total. The zero-order valence-corrected chi connectivity index (χ0v) is 11.6. The molecule has 0 aliphatic rings. The highest BCUT2D eigenvalue weighted by Crippen LogP contribution is 2.30. The van der Waals surface area contributed by atoms with Gasteiger partial charge in [0.25, 0.3) is 0 Å². The molecule has 0 spiro atoms. The number of nitrogens with two attached hydrogens (primary N) is 1. The van der Waals surface area contributed by atoms with Crippen LogP contribution in [0.5, 0.6) is 0 Å². The number of anilines is 2. The molecular formula is C11H19N5S. The van der Waals surface area contributed by atoms with Crippen molar-refractivity contribution in [3.8, 4) is 6.07 Å². The lowest BCUT2D eigenvalue weighted by atomic mass is 10.2. The summed E-state index contributed by atoms with van der Waals surface area (Å²) in [5, 5.41) is 9.97. The minimum atomic E-state index is 0.321. The highest BCUT2D eigenvalue weighted by atomic mass is 32.1. The predicted molar refractivity (Wildman–Crippen MR) is 72.3 cm³/mol. The first-order chi connectivity index (χ1) is 8.01. The summed E-state index contributed by atoms with van der Waals surface area (Å²) in [6, 6.07) is 2.46. The number of hydrogen-bond acceptors (Lipinski definition) is 6. The van der Waals surface area contributed by atoms with Gasteiger partial charge in [-0.25, -0.2) is 0 Å². The minimum absolute atomic E-state index is 0.321. The van der Waals surface area contributed by atoms with E-state index in [2.05, 4.69) is 34.1 Å². The van der Waals surface area contributed by atoms with E-state index in [4.69, 9.17) is 11.0 Å². The van der Waals surface area contributed by atoms with Crippen molar-refractivity contribution in [3.63, 3.8) is 0 Å². The Balaban J connectivity index is 2.98. The molecule has 17 heavy (non-hydrogen) atoms. The van der Waals surface area contributed by atoms with Gasteiger partial charge in [-0.15, -0.1) is 0 Å². The summed E-state index contributed by atoms with van der Waals surface area (Å²) in [5.74, 6) is 0.336. The van der Waals surface area contributed by atoms with E-state index in [0.717, 1.165) is 18.1 Å². The van der Waals surface area contributed by atoms with E-state index >= 15 is 0 Å². The van der Waals surface area contributed by atoms with Crippen LogP contribution in [0.4, 0.5) is 10.8 Å². The summed E-state index contributed by atoms with van der Waals surface area (Å²) in [6.07, 6.45) is 0. The van der Waals surface area contributed by atoms with Gasteiger partial charge in [-0.1, -0.05) is 0 Å². The molecular weight excluding hydrogens is 234 g/mol. The van der Waals surface area contributed by atoms with E-state index in [1.54, 1.807) is 0 Å². The van der Waals surface area contributed by atoms with Gasteiger partial charge in [-0.3, -0.25) is 0 Å². The Kier molecular flexibility index (Phi) is 4.73. The van der Waals surface area contributed by atoms with E-state index in [9.17, 15) is 0 Å². The predicted octanol–water partition coefficient (Wildman–Crippen LogP) is 1.37. The quantitative estimate of drug-likeness (QED) is 0.858. The van der Waals surface area contributed by atoms with E-state index in [0.29, 0.717) is 17.4 Å². The van der Waals surface area contributed by atoms with E-state index in [1.165, 1.54) is 11.5 Å². The first-order valence-corrected chi connectivity index (χ1v) is 6.35. The number of nitrogen functional groups attached to an aromatic ring is 1. The van der Waals surface area contributed by atoms with Crippen LogP contribution in [0.15, 0.2) is 0 Å². The molecule has 1 unspecified atom stereocenters. The molecule has 94 valence electrons. The summed E-state index contributed by atoms with van der Waals surface area (Å²) < 4.78 is 4.06. The van der Waals surface area contributed by atoms with Crippen molar-refractivity contribution in [1.82, 2.24) is 9.27 Å². The number of hydrogen-bond donors (Lipinski definition) is 1. The van der Waals surface area contributed by atoms with Gasteiger partial charge in [-0.2, -0.15) is 9.64 Å². The Morgan fingerprint density at radius 1 is 1.53 bits per heavy atom. The standard InChI is InChI=1S/C11H19N5S/c1-5-16(8(2)7-15(3)4)11-9(6-12)10(13)14-17-11/h8H,5,7H2,1-4H3,(H2,13,14). The summed E-state index contributed by atoms with van der Waals surface area (Å²) in [5.41, 5.74) is 6.19. The topological polar surface area (TPSA) is 69.2 Å². The average molecular weight is 253 g/mol. The molecule has 2 N–H and O–H groups in total. The van der Waals surface area contributed by atoms with Gasteiger partial charge in [0.1, 0.15) is 16.6 Å². The highest BCUT2D eigenvalue weighted by molar-refractivity contribution is 7.10. The van der Waals surface area contributed by atoms with Gasteiger partial charge < -0.3 is 15.5 Å². The summed E-state index contributed by atoms with van der Waals surface area (Å²) in [4.78, 5) is 4.30. The summed E-state index contributed by atoms with van der Waals surface area (Å²) in [7, 11) is 4.08. The van der Waals surface area contributed by atoms with E-state index in [-0.39, 0.29) is 0 Å². The van der Waals surface area contributed by atoms with Crippen LogP contribution in [0.25, 0.3) is 0 Å². The largest absolute Gasteiger partial charge is 0.382 e. The normalized spacial score (nSPS) is 12.5. The first kappa shape index (κ1) is 13.7. The van der Waals surface area contributed by atoms with Crippen LogP contribution in [0, 0.1) is 11.3 Å². The van der Waals surface area contributed by atoms with Gasteiger partial charge in [0.2, 0.25) is 0 Å². The monoisotopic (exact) mass is 253 g/mol. The second-order valence-electron chi connectivity index (χ2n) is 4.26. The van der Waals surface area contributed by atoms with Crippen molar-refractivity contribution >= 4 is 22.4 Å². The second kappa shape index (κ2) is 5.84. The van der Waals surface area contributed by atoms with Crippen LogP contribution in [0.1, 0.15) is 19.4 Å². The Morgan fingerprint density at radius 3 is 2.65 bits per heavy atom. The smallest absolute Gasteiger partial charge is 0.157 e. The fourth-order valence-electron chi connectivity index (χ4n) is 1.88. The average Bonchev–Trinajstić information content (AvgIpc) is 2.60. The second-order valence-corrected chi connectivity index (χ2v) is 5.01. The maximum absolute atomic E-state index is 9.10. The van der Waals surface area contributed by atoms with Gasteiger partial charge in [0.15, 0.2) is 5.82 Å². The number of rotatable bonds is 5. The highest BCUT2D eigenvalue weighted by Gasteiger charge is 2.21. The van der Waals surface area contributed by atoms with Crippen molar-refractivity contribution in [1.29, 1.82) is 5.26 Å². The SMILES string of the molecule is CCN(c1snc(N)c1C#N)C(C)CN(C)C. The molecule has 0 aliphatic heterocycles. The Hall–Kier alpha value is -1.32. The maximum atomic E-state index is 9.10. The summed E-state index contributed by atoms with van der Waals surface area (Å²) >= 11 is 1.30. The molecule has 1 aromatic rings. The number of nitriles is 1. The van der Waals surface area contributed by atoms with Crippen LogP contribution in [-0.4, -0.2) is 42.5 Å². The van der Waals surface area contributed by atoms with Crippen LogP contribution in [-0.2, 0) is 0 Å². The van der Waals surface area contributed by atoms with Crippen molar-refractivity contribution in [3.05, 3.63) is 5.56 Å². The van der Waals surface area contributed by atoms with Gasteiger partial charge >= 0.3 is 0 Å². The molecule has 6 heteroatoms. The number of aromatic nitrogens is 1. The molecule has 0 bridgehead atoms. The zero-order valence-electron chi connectivity index (χ0n) is 10.8. The van der Waals surface area contributed by atoms with Crippen LogP contribution < -0.4 is 10.6 Å². The van der Waals surface area contributed by atoms with Gasteiger partial charge in [0, 0.05) is 19.1 Å². The lowest BCUT2D eigenvalue weighted by molar-refractivity contribution is 0.373. The fourth-order valence-corrected chi connectivity index (χ4v) is 2.81. The molecule has 1 atom stereocenters. The summed E-state index contributed by atoms with van der Waals surface area (Å²) in [6.45, 7) is 5.98. The maximum Gasteiger partial charge on any atom is 0.157 e. The third-order valence-electron chi connectivity index (χ3n) is 2.58. The Bertz CT molecular complexity index is 406. The molecule has 0 aliphatic carbocycles. The zero-order chi connectivity index (χ0) is 13.0. The molecule has 1 heterocycles. The van der Waals surface area contributed by atoms with Crippen LogP contribution in [0.3, 0.4) is 0 Å². The third-order valence-corrected chi connectivity index (χ3v) is 3.47. The van der Waals surface area contributed by atoms with Crippen molar-refractivity contribution in [2.75, 3.05) is 37.8 Å². The molecule has 1 aromatic heterocycles. The molecule has 1 rings (SSSR count). The molecule has 0 saturated carbocycles. The lowest BCUT2D eigenvalue weighted by Crippen LogP contribution is -2.40. The first-order valence-electron chi connectivity index (χ1n) is 5.57. The van der Waals surface area contributed by atoms with Crippen molar-refractivity contribution in [2.45, 2.75) is 19.9 Å². The number of likely N-dealkylation sites (N-methyl/N-ethyl adjacent to an activating group) is 2. The Morgan fingerprint density at radius 2 is 2.18 bits per heavy atom. The van der Waals surface area contributed by atoms with Crippen molar-refractivity contribution < 1.29 is 0 Å². The molecule has 0 fully saturated rings. The van der Waals surface area contributed by atoms with Crippen LogP contribution in [0.2, 0.25) is 0 Å². The third kappa shape index (κ3) is 3.08.